The summed E-state index contributed by atoms with van der Waals surface area (Å²) in [7, 11) is 1.69. The second-order valence-electron chi connectivity index (χ2n) is 5.73. The lowest BCUT2D eigenvalue weighted by Gasteiger charge is -2.26. The van der Waals surface area contributed by atoms with E-state index in [1.54, 1.807) is 7.11 Å². The van der Waals surface area contributed by atoms with Gasteiger partial charge in [0.2, 0.25) is 0 Å². The van der Waals surface area contributed by atoms with Gasteiger partial charge in [-0.3, -0.25) is 0 Å². The Morgan fingerprint density at radius 1 is 1.00 bits per heavy atom. The molecule has 0 aromatic carbocycles. The van der Waals surface area contributed by atoms with Gasteiger partial charge in [-0.25, -0.2) is 0 Å². The fraction of sp³-hybridized carbons (Fsp3) is 1.00. The highest BCUT2D eigenvalue weighted by molar-refractivity contribution is 4.70. The number of hydrogen-bond donors (Lipinski definition) is 1. The smallest absolute Gasteiger partial charge is 0.0704 e. The molecule has 2 N–H and O–H groups in total. The first-order valence-electron chi connectivity index (χ1n) is 7.43. The third-order valence-electron chi connectivity index (χ3n) is 3.12. The average Bonchev–Trinajstić information content (AvgIpc) is 2.35. The fourth-order valence-electron chi connectivity index (χ4n) is 2.08. The molecule has 4 heteroatoms. The van der Waals surface area contributed by atoms with Crippen LogP contribution < -0.4 is 5.73 Å². The lowest BCUT2D eigenvalue weighted by atomic mass is 9.95. The zero-order valence-corrected chi connectivity index (χ0v) is 13.4. The molecule has 3 unspecified atom stereocenters. The normalized spacial score (nSPS) is 16.6. The van der Waals surface area contributed by atoms with Crippen molar-refractivity contribution >= 4 is 0 Å². The van der Waals surface area contributed by atoms with Crippen LogP contribution in [0.2, 0.25) is 0 Å². The Morgan fingerprint density at radius 3 is 2.21 bits per heavy atom. The van der Waals surface area contributed by atoms with Gasteiger partial charge in [-0.05, 0) is 38.1 Å². The minimum Gasteiger partial charge on any atom is -0.382 e. The van der Waals surface area contributed by atoms with Gasteiger partial charge in [0, 0.05) is 13.7 Å². The fourth-order valence-corrected chi connectivity index (χ4v) is 2.08. The first-order valence-corrected chi connectivity index (χ1v) is 7.43. The Bertz CT molecular complexity index is 200. The molecule has 0 bridgehead atoms. The van der Waals surface area contributed by atoms with Gasteiger partial charge in [-0.2, -0.15) is 0 Å². The third kappa shape index (κ3) is 10.3. The lowest BCUT2D eigenvalue weighted by molar-refractivity contribution is -0.0335. The van der Waals surface area contributed by atoms with Gasteiger partial charge >= 0.3 is 0 Å². The Hall–Kier alpha value is -0.160. The monoisotopic (exact) mass is 275 g/mol. The first-order chi connectivity index (χ1) is 9.01. The van der Waals surface area contributed by atoms with Crippen molar-refractivity contribution in [3.05, 3.63) is 0 Å². The summed E-state index contributed by atoms with van der Waals surface area (Å²) in [5.41, 5.74) is 5.66. The summed E-state index contributed by atoms with van der Waals surface area (Å²) in [5, 5.41) is 0. The minimum absolute atomic E-state index is 0.199. The van der Waals surface area contributed by atoms with Crippen molar-refractivity contribution in [1.82, 2.24) is 0 Å². The van der Waals surface area contributed by atoms with E-state index in [-0.39, 0.29) is 12.2 Å². The van der Waals surface area contributed by atoms with Crippen molar-refractivity contribution in [3.63, 3.8) is 0 Å². The van der Waals surface area contributed by atoms with Crippen LogP contribution in [0.1, 0.15) is 40.5 Å². The Morgan fingerprint density at radius 2 is 1.68 bits per heavy atom. The molecule has 0 heterocycles. The second-order valence-corrected chi connectivity index (χ2v) is 5.73. The van der Waals surface area contributed by atoms with Crippen molar-refractivity contribution in [2.45, 2.75) is 52.7 Å². The summed E-state index contributed by atoms with van der Waals surface area (Å²) < 4.78 is 16.7. The van der Waals surface area contributed by atoms with Gasteiger partial charge in [-0.1, -0.05) is 20.8 Å². The summed E-state index contributed by atoms with van der Waals surface area (Å²) in [4.78, 5) is 0. The molecule has 0 rings (SSSR count). The maximum atomic E-state index is 5.85. The van der Waals surface area contributed by atoms with Crippen LogP contribution in [0, 0.1) is 11.8 Å². The van der Waals surface area contributed by atoms with Crippen LogP contribution in [0.25, 0.3) is 0 Å². The van der Waals surface area contributed by atoms with Crippen molar-refractivity contribution in [2.24, 2.45) is 17.6 Å². The van der Waals surface area contributed by atoms with Crippen LogP contribution in [0.15, 0.2) is 0 Å². The average molecular weight is 275 g/mol. The molecular weight excluding hydrogens is 242 g/mol. The van der Waals surface area contributed by atoms with E-state index in [4.69, 9.17) is 19.9 Å². The molecule has 0 aliphatic heterocycles. The molecule has 0 saturated carbocycles. The molecular formula is C15H33NO3. The molecule has 0 aromatic rings. The van der Waals surface area contributed by atoms with E-state index in [1.165, 1.54) is 0 Å². The van der Waals surface area contributed by atoms with Crippen LogP contribution in [0.3, 0.4) is 0 Å². The molecule has 19 heavy (non-hydrogen) atoms. The molecule has 4 nitrogen and oxygen atoms in total. The molecule has 3 atom stereocenters. The van der Waals surface area contributed by atoms with E-state index >= 15 is 0 Å². The maximum Gasteiger partial charge on any atom is 0.0704 e. The minimum atomic E-state index is 0.199. The van der Waals surface area contributed by atoms with Crippen LogP contribution in [0.5, 0.6) is 0 Å². The van der Waals surface area contributed by atoms with Crippen molar-refractivity contribution in [2.75, 3.05) is 33.5 Å². The van der Waals surface area contributed by atoms with Crippen LogP contribution in [-0.4, -0.2) is 45.7 Å². The highest BCUT2D eigenvalue weighted by Gasteiger charge is 2.20. The Labute approximate surface area is 119 Å². The van der Waals surface area contributed by atoms with Crippen LogP contribution in [-0.2, 0) is 14.2 Å². The van der Waals surface area contributed by atoms with E-state index in [1.807, 2.05) is 0 Å². The lowest BCUT2D eigenvalue weighted by Crippen LogP contribution is -2.29. The van der Waals surface area contributed by atoms with Gasteiger partial charge < -0.3 is 19.9 Å². The summed E-state index contributed by atoms with van der Waals surface area (Å²) in [6, 6.07) is 0. The summed E-state index contributed by atoms with van der Waals surface area (Å²) >= 11 is 0. The van der Waals surface area contributed by atoms with Gasteiger partial charge in [0.1, 0.15) is 0 Å². The number of ether oxygens (including phenoxy) is 3. The maximum absolute atomic E-state index is 5.85. The van der Waals surface area contributed by atoms with Crippen molar-refractivity contribution in [3.8, 4) is 0 Å². The van der Waals surface area contributed by atoms with E-state index in [0.29, 0.717) is 31.6 Å². The largest absolute Gasteiger partial charge is 0.382 e. The van der Waals surface area contributed by atoms with E-state index in [2.05, 4.69) is 27.7 Å². The molecule has 0 aromatic heterocycles. The summed E-state index contributed by atoms with van der Waals surface area (Å²) in [6.07, 6.45) is 2.36. The highest BCUT2D eigenvalue weighted by Crippen LogP contribution is 2.18. The van der Waals surface area contributed by atoms with Crippen LogP contribution in [0.4, 0.5) is 0 Å². The topological polar surface area (TPSA) is 53.7 Å². The quantitative estimate of drug-likeness (QED) is 0.556. The zero-order valence-electron chi connectivity index (χ0n) is 13.4. The number of rotatable bonds is 12. The number of hydrogen-bond acceptors (Lipinski definition) is 4. The molecule has 0 radical (unpaired) electrons. The van der Waals surface area contributed by atoms with E-state index < -0.39 is 0 Å². The van der Waals surface area contributed by atoms with Crippen molar-refractivity contribution in [1.29, 1.82) is 0 Å². The Kier molecular flexibility index (Phi) is 11.6. The zero-order chi connectivity index (χ0) is 14.7. The molecule has 0 spiro atoms. The summed E-state index contributed by atoms with van der Waals surface area (Å²) in [5.74, 6) is 1.03. The number of nitrogens with two attached hydrogens (primary N) is 1. The van der Waals surface area contributed by atoms with Gasteiger partial charge in [-0.15, -0.1) is 0 Å². The van der Waals surface area contributed by atoms with E-state index in [0.717, 1.165) is 19.4 Å². The predicted molar refractivity (Wildman–Crippen MR) is 79.3 cm³/mol. The Balaban J connectivity index is 4.03. The van der Waals surface area contributed by atoms with Crippen molar-refractivity contribution < 1.29 is 14.2 Å². The first kappa shape index (κ1) is 18.8. The number of methoxy groups -OCH3 is 1. The molecule has 0 aliphatic rings. The third-order valence-corrected chi connectivity index (χ3v) is 3.12. The van der Waals surface area contributed by atoms with E-state index in [9.17, 15) is 0 Å². The van der Waals surface area contributed by atoms with Gasteiger partial charge in [0.05, 0.1) is 25.4 Å². The highest BCUT2D eigenvalue weighted by atomic mass is 16.5. The SMILES string of the molecule is COCCOC(CCN)C(C)CC(C)OCC(C)C. The predicted octanol–water partition coefficient (Wildman–Crippen LogP) is 2.45. The molecule has 0 amide bonds. The molecule has 0 saturated heterocycles. The molecule has 0 aliphatic carbocycles. The van der Waals surface area contributed by atoms with Crippen LogP contribution >= 0.6 is 0 Å². The van der Waals surface area contributed by atoms with Gasteiger partial charge in [0.25, 0.3) is 0 Å². The molecule has 0 fully saturated rings. The molecule has 116 valence electrons. The second kappa shape index (κ2) is 11.6. The van der Waals surface area contributed by atoms with Gasteiger partial charge in [0.15, 0.2) is 0 Å². The standard InChI is InChI=1S/C15H33NO3/c1-12(2)11-19-14(4)10-13(3)15(6-7-16)18-9-8-17-5/h12-15H,6-11,16H2,1-5H3. The summed E-state index contributed by atoms with van der Waals surface area (Å²) in [6.45, 7) is 11.4.